The van der Waals surface area contributed by atoms with Gasteiger partial charge in [0.15, 0.2) is 0 Å². The van der Waals surface area contributed by atoms with Gasteiger partial charge in [-0.15, -0.1) is 0 Å². The van der Waals surface area contributed by atoms with Gasteiger partial charge in [-0.05, 0) is 18.4 Å². The van der Waals surface area contributed by atoms with Gasteiger partial charge in [-0.1, -0.05) is 60.1 Å². The molecule has 0 fully saturated rings. The molecule has 0 amide bonds. The number of hydrogen-bond acceptors (Lipinski definition) is 2. The van der Waals surface area contributed by atoms with Crippen molar-refractivity contribution in [3.63, 3.8) is 0 Å². The molecular formula is C18H33N3. The van der Waals surface area contributed by atoms with Crippen LogP contribution >= 0.6 is 0 Å². The van der Waals surface area contributed by atoms with E-state index in [4.69, 9.17) is 0 Å². The summed E-state index contributed by atoms with van der Waals surface area (Å²) in [4.78, 5) is 0. The lowest BCUT2D eigenvalue weighted by molar-refractivity contribution is 0.551. The second-order valence-electron chi connectivity index (χ2n) is 7.76. The first-order valence-corrected chi connectivity index (χ1v) is 8.06. The maximum atomic E-state index is 4.65. The molecule has 0 bridgehead atoms. The topological polar surface area (TPSA) is 29.9 Å². The van der Waals surface area contributed by atoms with Gasteiger partial charge in [0, 0.05) is 30.8 Å². The predicted octanol–water partition coefficient (Wildman–Crippen LogP) is 4.00. The molecular weight excluding hydrogens is 258 g/mol. The monoisotopic (exact) mass is 291 g/mol. The summed E-state index contributed by atoms with van der Waals surface area (Å²) in [5.41, 5.74) is 3.93. The summed E-state index contributed by atoms with van der Waals surface area (Å²) in [6, 6.07) is 0. The Morgan fingerprint density at radius 2 is 1.90 bits per heavy atom. The van der Waals surface area contributed by atoms with Gasteiger partial charge in [0.1, 0.15) is 0 Å². The van der Waals surface area contributed by atoms with Crippen LogP contribution in [0.5, 0.6) is 0 Å². The van der Waals surface area contributed by atoms with Gasteiger partial charge in [-0.2, -0.15) is 5.10 Å². The number of nitrogens with zero attached hydrogens (tertiary/aromatic N) is 2. The van der Waals surface area contributed by atoms with Crippen molar-refractivity contribution >= 4 is 6.08 Å². The first-order valence-electron chi connectivity index (χ1n) is 8.06. The van der Waals surface area contributed by atoms with Crippen molar-refractivity contribution in [2.45, 2.75) is 53.9 Å². The van der Waals surface area contributed by atoms with Gasteiger partial charge in [0.25, 0.3) is 0 Å². The van der Waals surface area contributed by atoms with Crippen molar-refractivity contribution in [1.82, 2.24) is 15.1 Å². The van der Waals surface area contributed by atoms with E-state index in [9.17, 15) is 0 Å². The summed E-state index contributed by atoms with van der Waals surface area (Å²) >= 11 is 0. The zero-order chi connectivity index (χ0) is 16.2. The zero-order valence-corrected chi connectivity index (χ0v) is 15.1. The number of aryl methyl sites for hydroxylation is 1. The summed E-state index contributed by atoms with van der Waals surface area (Å²) in [6.45, 7) is 17.7. The molecule has 3 nitrogen and oxygen atoms in total. The minimum atomic E-state index is 0.0700. The summed E-state index contributed by atoms with van der Waals surface area (Å²) in [6.07, 6.45) is 4.46. The highest BCUT2D eigenvalue weighted by Gasteiger charge is 2.21. The fourth-order valence-corrected chi connectivity index (χ4v) is 2.32. The third-order valence-electron chi connectivity index (χ3n) is 3.53. The van der Waals surface area contributed by atoms with Crippen molar-refractivity contribution in [2.75, 3.05) is 13.1 Å². The molecule has 21 heavy (non-hydrogen) atoms. The fraction of sp³-hybridized carbons (Fsp3) is 0.722. The average molecular weight is 291 g/mol. The zero-order valence-electron chi connectivity index (χ0n) is 15.1. The molecule has 0 aliphatic rings. The molecule has 0 aliphatic heterocycles. The molecule has 1 N–H and O–H groups in total. The van der Waals surface area contributed by atoms with Crippen LogP contribution in [-0.2, 0) is 12.5 Å². The lowest BCUT2D eigenvalue weighted by Gasteiger charge is -2.18. The molecule has 0 radical (unpaired) electrons. The molecule has 1 aromatic heterocycles. The minimum absolute atomic E-state index is 0.0700. The van der Waals surface area contributed by atoms with Crippen LogP contribution in [-0.4, -0.2) is 22.9 Å². The van der Waals surface area contributed by atoms with E-state index >= 15 is 0 Å². The van der Waals surface area contributed by atoms with Crippen LogP contribution < -0.4 is 5.32 Å². The van der Waals surface area contributed by atoms with Gasteiger partial charge in [0.05, 0.1) is 5.69 Å². The van der Waals surface area contributed by atoms with E-state index in [1.807, 2.05) is 11.7 Å². The van der Waals surface area contributed by atoms with Gasteiger partial charge in [-0.3, -0.25) is 4.68 Å². The van der Waals surface area contributed by atoms with E-state index in [2.05, 4.69) is 71.2 Å². The van der Waals surface area contributed by atoms with Gasteiger partial charge >= 0.3 is 0 Å². The maximum absolute atomic E-state index is 4.65. The average Bonchev–Trinajstić information content (AvgIpc) is 2.68. The molecule has 1 rings (SSSR count). The molecule has 3 heteroatoms. The molecule has 0 aliphatic carbocycles. The minimum Gasteiger partial charge on any atom is -0.313 e. The summed E-state index contributed by atoms with van der Waals surface area (Å²) in [7, 11) is 2.00. The quantitative estimate of drug-likeness (QED) is 0.858. The standard InChI is InChI=1S/C18H33N3/c1-13(2)10-19-11-15(14(3)4)9-16-12-21(8)20-17(16)18(5,6)7/h9,12-14,19H,10-11H2,1-8H3. The van der Waals surface area contributed by atoms with Crippen molar-refractivity contribution in [2.24, 2.45) is 18.9 Å². The Morgan fingerprint density at radius 1 is 1.29 bits per heavy atom. The Bertz CT molecular complexity index is 473. The second kappa shape index (κ2) is 7.26. The van der Waals surface area contributed by atoms with Gasteiger partial charge in [-0.25, -0.2) is 0 Å². The van der Waals surface area contributed by atoms with Gasteiger partial charge in [0.2, 0.25) is 0 Å². The van der Waals surface area contributed by atoms with E-state index in [1.54, 1.807) is 0 Å². The smallest absolute Gasteiger partial charge is 0.0750 e. The highest BCUT2D eigenvalue weighted by Crippen LogP contribution is 2.26. The van der Waals surface area contributed by atoms with Crippen LogP contribution in [0.4, 0.5) is 0 Å². The molecule has 1 aromatic rings. The summed E-state index contributed by atoms with van der Waals surface area (Å²) in [5, 5.41) is 8.21. The van der Waals surface area contributed by atoms with Crippen molar-refractivity contribution in [1.29, 1.82) is 0 Å². The Morgan fingerprint density at radius 3 is 2.38 bits per heavy atom. The first kappa shape index (κ1) is 18.0. The molecule has 120 valence electrons. The van der Waals surface area contributed by atoms with E-state index in [0.29, 0.717) is 11.8 Å². The maximum Gasteiger partial charge on any atom is 0.0750 e. The highest BCUT2D eigenvalue weighted by atomic mass is 15.3. The van der Waals surface area contributed by atoms with Crippen molar-refractivity contribution < 1.29 is 0 Å². The van der Waals surface area contributed by atoms with E-state index < -0.39 is 0 Å². The largest absolute Gasteiger partial charge is 0.313 e. The van der Waals surface area contributed by atoms with E-state index in [0.717, 1.165) is 13.1 Å². The van der Waals surface area contributed by atoms with Gasteiger partial charge < -0.3 is 5.32 Å². The molecule has 1 heterocycles. The molecule has 0 saturated carbocycles. The van der Waals surface area contributed by atoms with E-state index in [-0.39, 0.29) is 5.41 Å². The van der Waals surface area contributed by atoms with Crippen molar-refractivity contribution in [3.05, 3.63) is 23.0 Å². The van der Waals surface area contributed by atoms with Crippen LogP contribution in [0.25, 0.3) is 6.08 Å². The number of hydrogen-bond donors (Lipinski definition) is 1. The third kappa shape index (κ3) is 5.66. The second-order valence-corrected chi connectivity index (χ2v) is 7.76. The van der Waals surface area contributed by atoms with E-state index in [1.165, 1.54) is 16.8 Å². The van der Waals surface area contributed by atoms with Crippen LogP contribution in [0.1, 0.15) is 59.7 Å². The molecule has 0 unspecified atom stereocenters. The third-order valence-corrected chi connectivity index (χ3v) is 3.53. The Kier molecular flexibility index (Phi) is 6.21. The number of nitrogens with one attached hydrogen (secondary N) is 1. The Labute approximate surface area is 130 Å². The van der Waals surface area contributed by atoms with Crippen molar-refractivity contribution in [3.8, 4) is 0 Å². The fourth-order valence-electron chi connectivity index (χ4n) is 2.32. The van der Waals surface area contributed by atoms with Crippen LogP contribution in [0.2, 0.25) is 0 Å². The SMILES string of the molecule is CC(C)CNCC(=Cc1cn(C)nc1C(C)(C)C)C(C)C. The number of rotatable bonds is 6. The van der Waals surface area contributed by atoms with Crippen LogP contribution in [0, 0.1) is 11.8 Å². The molecule has 0 atom stereocenters. The molecule has 0 saturated heterocycles. The predicted molar refractivity (Wildman–Crippen MR) is 92.4 cm³/mol. The molecule has 0 spiro atoms. The first-order chi connectivity index (χ1) is 9.61. The highest BCUT2D eigenvalue weighted by molar-refractivity contribution is 5.56. The summed E-state index contributed by atoms with van der Waals surface area (Å²) in [5.74, 6) is 1.22. The number of aromatic nitrogens is 2. The molecule has 0 aromatic carbocycles. The summed E-state index contributed by atoms with van der Waals surface area (Å²) < 4.78 is 1.92. The lowest BCUT2D eigenvalue weighted by Crippen LogP contribution is -2.23. The Balaban J connectivity index is 3.00. The van der Waals surface area contributed by atoms with Crippen LogP contribution in [0.15, 0.2) is 11.8 Å². The Hall–Kier alpha value is -1.09. The normalized spacial score (nSPS) is 13.5. The lowest BCUT2D eigenvalue weighted by atomic mass is 9.88. The van der Waals surface area contributed by atoms with Crippen LogP contribution in [0.3, 0.4) is 0 Å².